The second kappa shape index (κ2) is 11.7. The normalized spacial score (nSPS) is 12.0. The van der Waals surface area contributed by atoms with Crippen molar-refractivity contribution >= 4 is 29.9 Å². The summed E-state index contributed by atoms with van der Waals surface area (Å²) in [6.45, 7) is 14.8. The van der Waals surface area contributed by atoms with Crippen molar-refractivity contribution in [3.8, 4) is 0 Å². The van der Waals surface area contributed by atoms with Crippen LogP contribution in [0.4, 0.5) is 0 Å². The number of aryl methyl sites for hydroxylation is 1. The minimum Gasteiger partial charge on any atom is -0.355 e. The van der Waals surface area contributed by atoms with Crippen LogP contribution in [-0.4, -0.2) is 65.3 Å². The highest BCUT2D eigenvalue weighted by atomic mass is 127. The number of aliphatic imine (C=N–C) groups is 1. The lowest BCUT2D eigenvalue weighted by Gasteiger charge is -2.27. The molecule has 0 fully saturated rings. The average Bonchev–Trinajstić information content (AvgIpc) is 2.87. The van der Waals surface area contributed by atoms with Crippen molar-refractivity contribution < 1.29 is 0 Å². The number of rotatable bonds is 8. The van der Waals surface area contributed by atoms with Gasteiger partial charge in [-0.05, 0) is 26.3 Å². The third-order valence-electron chi connectivity index (χ3n) is 4.28. The highest BCUT2D eigenvalue weighted by Gasteiger charge is 2.15. The summed E-state index contributed by atoms with van der Waals surface area (Å²) in [6.07, 6.45) is 2.11. The third-order valence-corrected chi connectivity index (χ3v) is 4.28. The van der Waals surface area contributed by atoms with Gasteiger partial charge in [0.2, 0.25) is 0 Å². The molecular formula is C18H37IN6. The molecule has 0 aliphatic carbocycles. The van der Waals surface area contributed by atoms with Crippen LogP contribution in [0.3, 0.4) is 0 Å². The van der Waals surface area contributed by atoms with E-state index in [1.165, 1.54) is 5.56 Å². The monoisotopic (exact) mass is 464 g/mol. The Morgan fingerprint density at radius 2 is 1.96 bits per heavy atom. The summed E-state index contributed by atoms with van der Waals surface area (Å²) in [6, 6.07) is 0.570. The van der Waals surface area contributed by atoms with E-state index >= 15 is 0 Å². The predicted octanol–water partition coefficient (Wildman–Crippen LogP) is 2.90. The molecule has 1 heterocycles. The Morgan fingerprint density at radius 1 is 1.32 bits per heavy atom. The second-order valence-corrected chi connectivity index (χ2v) is 6.92. The van der Waals surface area contributed by atoms with Gasteiger partial charge < -0.3 is 10.2 Å². The number of nitrogens with zero attached hydrogens (tertiary/aromatic N) is 5. The molecule has 1 aromatic heterocycles. The molecule has 0 amide bonds. The van der Waals surface area contributed by atoms with Crippen LogP contribution in [0.15, 0.2) is 11.2 Å². The Labute approximate surface area is 171 Å². The SMILES string of the molecule is CCN(CCNC(=NC)N(C)Cc1cn(C)nc1C(C)C)C(C)C.I. The maximum absolute atomic E-state index is 4.59. The van der Waals surface area contributed by atoms with Crippen molar-refractivity contribution in [1.29, 1.82) is 0 Å². The van der Waals surface area contributed by atoms with Crippen LogP contribution in [0, 0.1) is 0 Å². The second-order valence-electron chi connectivity index (χ2n) is 6.92. The lowest BCUT2D eigenvalue weighted by atomic mass is 10.1. The first-order chi connectivity index (χ1) is 11.3. The number of hydrogen-bond acceptors (Lipinski definition) is 3. The van der Waals surface area contributed by atoms with Crippen LogP contribution < -0.4 is 5.32 Å². The third kappa shape index (κ3) is 7.52. The molecule has 0 aliphatic rings. The van der Waals surface area contributed by atoms with Crippen LogP contribution in [0.25, 0.3) is 0 Å². The van der Waals surface area contributed by atoms with E-state index in [0.29, 0.717) is 12.0 Å². The summed E-state index contributed by atoms with van der Waals surface area (Å²) in [4.78, 5) is 9.02. The lowest BCUT2D eigenvalue weighted by Crippen LogP contribution is -2.43. The molecule has 0 aromatic carbocycles. The molecule has 0 unspecified atom stereocenters. The van der Waals surface area contributed by atoms with Crippen LogP contribution in [-0.2, 0) is 13.6 Å². The summed E-state index contributed by atoms with van der Waals surface area (Å²) < 4.78 is 1.90. The van der Waals surface area contributed by atoms with Crippen LogP contribution in [0.1, 0.15) is 51.8 Å². The largest absolute Gasteiger partial charge is 0.355 e. The van der Waals surface area contributed by atoms with E-state index in [2.05, 4.69) is 73.1 Å². The summed E-state index contributed by atoms with van der Waals surface area (Å²) in [5.41, 5.74) is 2.42. The Balaban J connectivity index is 0.00000576. The van der Waals surface area contributed by atoms with Crippen molar-refractivity contribution in [1.82, 2.24) is 24.9 Å². The van der Waals surface area contributed by atoms with E-state index in [4.69, 9.17) is 0 Å². The molecule has 6 nitrogen and oxygen atoms in total. The fourth-order valence-electron chi connectivity index (χ4n) is 2.97. The van der Waals surface area contributed by atoms with Crippen molar-refractivity contribution in [3.05, 3.63) is 17.5 Å². The molecule has 0 radical (unpaired) electrons. The molecule has 1 N–H and O–H groups in total. The van der Waals surface area contributed by atoms with Gasteiger partial charge in [0.1, 0.15) is 0 Å². The van der Waals surface area contributed by atoms with Gasteiger partial charge in [-0.25, -0.2) is 0 Å². The summed E-state index contributed by atoms with van der Waals surface area (Å²) in [5, 5.41) is 8.06. The highest BCUT2D eigenvalue weighted by molar-refractivity contribution is 14.0. The summed E-state index contributed by atoms with van der Waals surface area (Å²) in [5.74, 6) is 1.35. The molecule has 0 aliphatic heterocycles. The molecule has 1 rings (SSSR count). The smallest absolute Gasteiger partial charge is 0.193 e. The van der Waals surface area contributed by atoms with Gasteiger partial charge in [-0.2, -0.15) is 5.10 Å². The van der Waals surface area contributed by atoms with E-state index in [-0.39, 0.29) is 24.0 Å². The summed E-state index contributed by atoms with van der Waals surface area (Å²) >= 11 is 0. The Hall–Kier alpha value is -0.830. The standard InChI is InChI=1S/C18H36N6.HI/c1-9-24(15(4)5)11-10-20-18(19-6)22(7)12-16-13-23(8)21-17(16)14(2)3;/h13-15H,9-12H2,1-8H3,(H,19,20);1H. The zero-order valence-electron chi connectivity index (χ0n) is 17.2. The minimum atomic E-state index is 0. The van der Waals surface area contributed by atoms with Gasteiger partial charge >= 0.3 is 0 Å². The predicted molar refractivity (Wildman–Crippen MR) is 118 cm³/mol. The molecule has 0 saturated heterocycles. The number of halogens is 1. The van der Waals surface area contributed by atoms with Gasteiger partial charge in [-0.15, -0.1) is 24.0 Å². The van der Waals surface area contributed by atoms with Crippen molar-refractivity contribution in [2.75, 3.05) is 33.7 Å². The first-order valence-corrected chi connectivity index (χ1v) is 8.98. The molecule has 0 spiro atoms. The van der Waals surface area contributed by atoms with Crippen LogP contribution >= 0.6 is 24.0 Å². The molecule has 0 atom stereocenters. The number of nitrogens with one attached hydrogen (secondary N) is 1. The van der Waals surface area contributed by atoms with E-state index in [1.807, 2.05) is 18.8 Å². The number of likely N-dealkylation sites (N-methyl/N-ethyl adjacent to an activating group) is 1. The lowest BCUT2D eigenvalue weighted by molar-refractivity contribution is 0.236. The maximum atomic E-state index is 4.59. The van der Waals surface area contributed by atoms with Crippen molar-refractivity contribution in [3.63, 3.8) is 0 Å². The van der Waals surface area contributed by atoms with Gasteiger partial charge in [-0.3, -0.25) is 14.6 Å². The average molecular weight is 464 g/mol. The van der Waals surface area contributed by atoms with E-state index in [9.17, 15) is 0 Å². The van der Waals surface area contributed by atoms with Crippen molar-refractivity contribution in [2.45, 2.75) is 53.1 Å². The number of aromatic nitrogens is 2. The summed E-state index contributed by atoms with van der Waals surface area (Å²) in [7, 11) is 5.89. The van der Waals surface area contributed by atoms with Gasteiger partial charge in [0, 0.05) is 58.6 Å². The first-order valence-electron chi connectivity index (χ1n) is 8.98. The zero-order chi connectivity index (χ0) is 18.3. The van der Waals surface area contributed by atoms with Crippen LogP contribution in [0.5, 0.6) is 0 Å². The molecule has 7 heteroatoms. The van der Waals surface area contributed by atoms with Gasteiger partial charge in [0.05, 0.1) is 5.69 Å². The Kier molecular flexibility index (Phi) is 11.3. The minimum absolute atomic E-state index is 0. The molecule has 0 saturated carbocycles. The molecule has 25 heavy (non-hydrogen) atoms. The highest BCUT2D eigenvalue weighted by Crippen LogP contribution is 2.18. The maximum Gasteiger partial charge on any atom is 0.193 e. The van der Waals surface area contributed by atoms with Gasteiger partial charge in [0.25, 0.3) is 0 Å². The Morgan fingerprint density at radius 3 is 2.44 bits per heavy atom. The van der Waals surface area contributed by atoms with Crippen LogP contribution in [0.2, 0.25) is 0 Å². The fraction of sp³-hybridized carbons (Fsp3) is 0.778. The van der Waals surface area contributed by atoms with Crippen molar-refractivity contribution in [2.24, 2.45) is 12.0 Å². The molecular weight excluding hydrogens is 427 g/mol. The van der Waals surface area contributed by atoms with E-state index in [1.54, 1.807) is 0 Å². The molecule has 146 valence electrons. The first kappa shape index (κ1) is 24.2. The van der Waals surface area contributed by atoms with Gasteiger partial charge in [0.15, 0.2) is 5.96 Å². The number of hydrogen-bond donors (Lipinski definition) is 1. The quantitative estimate of drug-likeness (QED) is 0.365. The topological polar surface area (TPSA) is 48.7 Å². The zero-order valence-corrected chi connectivity index (χ0v) is 19.5. The Bertz CT molecular complexity index is 524. The van der Waals surface area contributed by atoms with E-state index in [0.717, 1.165) is 37.8 Å². The molecule has 0 bridgehead atoms. The number of guanidine groups is 1. The van der Waals surface area contributed by atoms with Gasteiger partial charge in [-0.1, -0.05) is 20.8 Å². The van der Waals surface area contributed by atoms with E-state index < -0.39 is 0 Å². The fourth-order valence-corrected chi connectivity index (χ4v) is 2.97. The molecule has 1 aromatic rings.